The zero-order chi connectivity index (χ0) is 18.4. The Labute approximate surface area is 159 Å². The van der Waals surface area contributed by atoms with Crippen LogP contribution in [0.4, 0.5) is 0 Å². The molecular formula is C18H17ClCuO5. The fourth-order valence-electron chi connectivity index (χ4n) is 2.67. The molecule has 0 fully saturated rings. The molecule has 0 aromatic heterocycles. The molecule has 0 aliphatic carbocycles. The van der Waals surface area contributed by atoms with Crippen LogP contribution in [0.2, 0.25) is 0 Å². The molecule has 0 amide bonds. The molecule has 1 heterocycles. The number of halogens is 1. The fourth-order valence-corrected chi connectivity index (χ4v) is 2.67. The third-order valence-corrected chi connectivity index (χ3v) is 3.77. The quantitative estimate of drug-likeness (QED) is 0.424. The summed E-state index contributed by atoms with van der Waals surface area (Å²) in [5, 5.41) is 0. The van der Waals surface area contributed by atoms with Crippen LogP contribution < -0.4 is 14.2 Å². The molecule has 0 bridgehead atoms. The summed E-state index contributed by atoms with van der Waals surface area (Å²) in [6.07, 6.45) is 1.41. The Bertz CT molecular complexity index is 750. The normalized spacial score (nSPS) is 14.6. The number of hydrogen-bond donors (Lipinski definition) is 0. The van der Waals surface area contributed by atoms with E-state index in [1.54, 1.807) is 20.3 Å². The van der Waals surface area contributed by atoms with Crippen molar-refractivity contribution in [3.05, 3.63) is 59.5 Å². The Balaban J connectivity index is 0.00000109. The number of ether oxygens (including phenoxy) is 4. The molecule has 7 heteroatoms. The van der Waals surface area contributed by atoms with Crippen LogP contribution >= 0.6 is 10.1 Å². The summed E-state index contributed by atoms with van der Waals surface area (Å²) < 4.78 is 21.2. The number of methoxy groups -OCH3 is 3. The van der Waals surface area contributed by atoms with Gasteiger partial charge >= 0.3 is 31.2 Å². The molecule has 0 saturated carbocycles. The first-order chi connectivity index (χ1) is 12.2. The monoisotopic (exact) mass is 411 g/mol. The molecule has 2 aromatic carbocycles. The molecule has 0 spiro atoms. The van der Waals surface area contributed by atoms with Gasteiger partial charge in [-0.2, -0.15) is 11.6 Å². The second-order valence-corrected chi connectivity index (χ2v) is 5.03. The molecule has 5 nitrogen and oxygen atoms in total. The molecule has 1 aliphatic rings. The molecule has 0 saturated heterocycles. The summed E-state index contributed by atoms with van der Waals surface area (Å²) >= 11 is 3.66. The molecule has 137 valence electrons. The summed E-state index contributed by atoms with van der Waals surface area (Å²) in [7, 11) is 8.90. The van der Waals surface area contributed by atoms with Crippen LogP contribution in [0.15, 0.2) is 36.4 Å². The van der Waals surface area contributed by atoms with Crippen molar-refractivity contribution in [2.45, 2.75) is 6.10 Å². The average molecular weight is 412 g/mol. The number of rotatable bonds is 5. The van der Waals surface area contributed by atoms with Crippen LogP contribution in [0, 0.1) is 6.42 Å². The van der Waals surface area contributed by atoms with Gasteiger partial charge in [0.25, 0.3) is 0 Å². The van der Waals surface area contributed by atoms with Crippen molar-refractivity contribution in [3.63, 3.8) is 0 Å². The van der Waals surface area contributed by atoms with Gasteiger partial charge in [0, 0.05) is 5.56 Å². The van der Waals surface area contributed by atoms with Gasteiger partial charge in [-0.25, -0.2) is 4.79 Å². The predicted octanol–water partition coefficient (Wildman–Crippen LogP) is 3.86. The van der Waals surface area contributed by atoms with Crippen molar-refractivity contribution < 1.29 is 38.8 Å². The van der Waals surface area contributed by atoms with E-state index in [0.29, 0.717) is 22.8 Å². The first kappa shape index (κ1) is 19.3. The van der Waals surface area contributed by atoms with Gasteiger partial charge in [-0.05, 0) is 6.07 Å². The predicted molar refractivity (Wildman–Crippen MR) is 90.0 cm³/mol. The van der Waals surface area contributed by atoms with Crippen LogP contribution in [0.1, 0.15) is 27.6 Å². The minimum absolute atomic E-state index is 0.376. The summed E-state index contributed by atoms with van der Waals surface area (Å²) in [5.74, 6) is 1.42. The topological polar surface area (TPSA) is 54.0 Å². The van der Waals surface area contributed by atoms with Crippen LogP contribution in [0.25, 0.3) is 0 Å². The summed E-state index contributed by atoms with van der Waals surface area (Å²) in [4.78, 5) is 12.1. The summed E-state index contributed by atoms with van der Waals surface area (Å²) in [6.45, 7) is 0. The zero-order valence-electron chi connectivity index (χ0n) is 13.8. The van der Waals surface area contributed by atoms with Gasteiger partial charge in [0.05, 0.1) is 21.3 Å². The average Bonchev–Trinajstić information content (AvgIpc) is 2.99. The molecule has 25 heavy (non-hydrogen) atoms. The van der Waals surface area contributed by atoms with Gasteiger partial charge in [-0.1, -0.05) is 18.2 Å². The Hall–Kier alpha value is -2.01. The Kier molecular flexibility index (Phi) is 6.88. The van der Waals surface area contributed by atoms with E-state index < -0.39 is 6.10 Å². The van der Waals surface area contributed by atoms with Gasteiger partial charge < -0.3 is 18.9 Å². The first-order valence-corrected chi connectivity index (χ1v) is 8.53. The summed E-state index contributed by atoms with van der Waals surface area (Å²) in [6, 6.07) is 11.0. The van der Waals surface area contributed by atoms with E-state index in [9.17, 15) is 4.79 Å². The maximum absolute atomic E-state index is 12.1. The van der Waals surface area contributed by atoms with E-state index in [1.165, 1.54) is 7.11 Å². The van der Waals surface area contributed by atoms with Crippen molar-refractivity contribution in [1.29, 1.82) is 0 Å². The maximum atomic E-state index is 12.1. The van der Waals surface area contributed by atoms with Gasteiger partial charge in [-0.15, -0.1) is 12.5 Å². The molecule has 0 radical (unpaired) electrons. The molecule has 3 rings (SSSR count). The molecule has 0 N–H and O–H groups in total. The van der Waals surface area contributed by atoms with E-state index in [0.717, 1.165) is 11.1 Å². The SMILES string of the molecule is COc1ccc([CH-][C@H]2OC(=O)c3c(OC)cccc32)cc1OC.[Cl][Cu+]. The van der Waals surface area contributed by atoms with Gasteiger partial charge in [0.1, 0.15) is 28.9 Å². The molecule has 1 atom stereocenters. The van der Waals surface area contributed by atoms with Gasteiger partial charge in [0.15, 0.2) is 0 Å². The van der Waals surface area contributed by atoms with E-state index in [2.05, 4.69) is 25.2 Å². The first-order valence-electron chi connectivity index (χ1n) is 7.24. The zero-order valence-corrected chi connectivity index (χ0v) is 15.5. The van der Waals surface area contributed by atoms with Crippen molar-refractivity contribution in [2.75, 3.05) is 21.3 Å². The minimum atomic E-state index is -0.453. The standard InChI is InChI=1S/C18H17O5.ClH.Cu/c1-20-13-8-7-11(10-16(13)22-3)9-15-12-5-4-6-14(21-2)17(12)18(19)23-15;;/h4-10,15H,1-3H3;1H;/q-1;;+2/p-1/t15-;;/m1../s1. The second kappa shape index (κ2) is 8.90. The number of hydrogen-bond acceptors (Lipinski definition) is 5. The Morgan fingerprint density at radius 1 is 1.00 bits per heavy atom. The van der Waals surface area contributed by atoms with Crippen LogP contribution in [0.3, 0.4) is 0 Å². The van der Waals surface area contributed by atoms with Crippen molar-refractivity contribution >= 4 is 16.1 Å². The second-order valence-electron chi connectivity index (χ2n) is 5.03. The fraction of sp³-hybridized carbons (Fsp3) is 0.222. The van der Waals surface area contributed by atoms with Gasteiger partial charge in [-0.3, -0.25) is 0 Å². The Morgan fingerprint density at radius 2 is 1.68 bits per heavy atom. The van der Waals surface area contributed by atoms with Crippen LogP contribution in [0.5, 0.6) is 17.2 Å². The number of carbonyl (C=O) groups excluding carboxylic acids is 1. The van der Waals surface area contributed by atoms with Crippen LogP contribution in [-0.4, -0.2) is 27.3 Å². The van der Waals surface area contributed by atoms with Crippen molar-refractivity contribution in [2.24, 2.45) is 0 Å². The van der Waals surface area contributed by atoms with E-state index in [4.69, 9.17) is 18.9 Å². The van der Waals surface area contributed by atoms with E-state index in [-0.39, 0.29) is 5.97 Å². The number of esters is 1. The summed E-state index contributed by atoms with van der Waals surface area (Å²) in [5.41, 5.74) is 2.15. The van der Waals surface area contributed by atoms with E-state index >= 15 is 0 Å². The molecule has 2 aromatic rings. The van der Waals surface area contributed by atoms with Crippen molar-refractivity contribution in [1.82, 2.24) is 0 Å². The Morgan fingerprint density at radius 3 is 2.32 bits per heavy atom. The third-order valence-electron chi connectivity index (χ3n) is 3.77. The number of benzene rings is 2. The number of fused-ring (bicyclic) bond motifs is 1. The van der Waals surface area contributed by atoms with Gasteiger partial charge in [0.2, 0.25) is 0 Å². The van der Waals surface area contributed by atoms with E-state index in [1.807, 2.05) is 36.8 Å². The molecule has 1 aliphatic heterocycles. The third kappa shape index (κ3) is 3.98. The molecule has 0 unspecified atom stereocenters. The van der Waals surface area contributed by atoms with Crippen LogP contribution in [-0.2, 0) is 19.8 Å². The van der Waals surface area contributed by atoms with Crippen molar-refractivity contribution in [3.8, 4) is 17.2 Å². The number of carbonyl (C=O) groups is 1. The molecular weight excluding hydrogens is 395 g/mol. The number of cyclic esters (lactones) is 1.